The van der Waals surface area contributed by atoms with Crippen LogP contribution in [0, 0.1) is 6.92 Å². The molecule has 0 spiro atoms. The van der Waals surface area contributed by atoms with Gasteiger partial charge < -0.3 is 5.11 Å². The van der Waals surface area contributed by atoms with E-state index in [9.17, 15) is 31.5 Å². The van der Waals surface area contributed by atoms with Crippen LogP contribution >= 0.6 is 11.3 Å². The predicted octanol–water partition coefficient (Wildman–Crippen LogP) is 5.25. The summed E-state index contributed by atoms with van der Waals surface area (Å²) >= 11 is 1.26. The third kappa shape index (κ3) is 4.85. The Morgan fingerprint density at radius 1 is 1.09 bits per heavy atom. The molecule has 2 aromatic carbocycles. The van der Waals surface area contributed by atoms with Crippen molar-refractivity contribution in [3.63, 3.8) is 0 Å². The molecule has 1 aliphatic heterocycles. The minimum Gasteiger partial charge on any atom is -0.481 e. The number of thiazole rings is 1. The summed E-state index contributed by atoms with van der Waals surface area (Å²) in [6, 6.07) is 9.32. The normalized spacial score (nSPS) is 15.1. The van der Waals surface area contributed by atoms with Gasteiger partial charge in [0.1, 0.15) is 5.01 Å². The molecule has 186 valence electrons. The van der Waals surface area contributed by atoms with Gasteiger partial charge in [0, 0.05) is 23.4 Å². The number of carbonyl (C=O) groups is 1. The molecule has 3 aromatic rings. The predicted molar refractivity (Wildman–Crippen MR) is 126 cm³/mol. The van der Waals surface area contributed by atoms with Crippen molar-refractivity contribution in [1.82, 2.24) is 9.29 Å². The molecule has 0 aliphatic carbocycles. The maximum Gasteiger partial charge on any atom is 0.416 e. The summed E-state index contributed by atoms with van der Waals surface area (Å²) in [6.45, 7) is 5.04. The quantitative estimate of drug-likeness (QED) is 0.493. The van der Waals surface area contributed by atoms with Crippen LogP contribution in [0.25, 0.3) is 10.6 Å². The Labute approximate surface area is 205 Å². The Hall–Kier alpha value is -2.76. The molecule has 0 unspecified atom stereocenters. The average Bonchev–Trinajstić information content (AvgIpc) is 3.21. The van der Waals surface area contributed by atoms with Crippen molar-refractivity contribution in [2.45, 2.75) is 50.2 Å². The highest BCUT2D eigenvalue weighted by molar-refractivity contribution is 7.89. The largest absolute Gasteiger partial charge is 0.481 e. The van der Waals surface area contributed by atoms with Crippen LogP contribution in [0.4, 0.5) is 13.2 Å². The summed E-state index contributed by atoms with van der Waals surface area (Å²) in [4.78, 5) is 17.0. The van der Waals surface area contributed by atoms with Crippen molar-refractivity contribution in [3.8, 4) is 10.6 Å². The van der Waals surface area contributed by atoms with Crippen LogP contribution in [-0.4, -0.2) is 35.3 Å². The van der Waals surface area contributed by atoms with Crippen molar-refractivity contribution in [1.29, 1.82) is 0 Å². The van der Waals surface area contributed by atoms with E-state index in [2.05, 4.69) is 4.98 Å². The zero-order valence-electron chi connectivity index (χ0n) is 19.2. The lowest BCUT2D eigenvalue weighted by Gasteiger charge is -2.27. The van der Waals surface area contributed by atoms with Crippen molar-refractivity contribution in [2.75, 3.05) is 6.54 Å². The smallest absolute Gasteiger partial charge is 0.416 e. The number of halogens is 3. The maximum absolute atomic E-state index is 13.5. The van der Waals surface area contributed by atoms with Crippen molar-refractivity contribution in [3.05, 3.63) is 69.7 Å². The topological polar surface area (TPSA) is 87.6 Å². The summed E-state index contributed by atoms with van der Waals surface area (Å²) < 4.78 is 66.8. The number of sulfonamides is 1. The van der Waals surface area contributed by atoms with Crippen LogP contribution in [-0.2, 0) is 39.4 Å². The number of aryl methyl sites for hydroxylation is 1. The van der Waals surface area contributed by atoms with E-state index in [-0.39, 0.29) is 18.0 Å². The number of fused-ring (bicyclic) bond motifs is 1. The summed E-state index contributed by atoms with van der Waals surface area (Å²) in [7, 11) is -3.92. The second-order valence-corrected chi connectivity index (χ2v) is 12.0. The van der Waals surface area contributed by atoms with Gasteiger partial charge in [-0.1, -0.05) is 18.2 Å². The fourth-order valence-corrected chi connectivity index (χ4v) is 6.58. The molecule has 11 heteroatoms. The molecular formula is C24H23F3N2O4S2. The molecule has 0 saturated carbocycles. The van der Waals surface area contributed by atoms with E-state index in [1.807, 2.05) is 0 Å². The number of aliphatic carboxylic acids is 1. The minimum absolute atomic E-state index is 0.0257. The van der Waals surface area contributed by atoms with Crippen molar-refractivity contribution in [2.24, 2.45) is 0 Å². The first-order valence-electron chi connectivity index (χ1n) is 10.7. The zero-order chi connectivity index (χ0) is 25.8. The van der Waals surface area contributed by atoms with Crippen molar-refractivity contribution < 1.29 is 31.5 Å². The molecule has 0 bridgehead atoms. The zero-order valence-corrected chi connectivity index (χ0v) is 20.8. The van der Waals surface area contributed by atoms with Gasteiger partial charge in [-0.3, -0.25) is 4.79 Å². The maximum atomic E-state index is 13.5. The molecule has 0 radical (unpaired) electrons. The molecule has 1 aromatic heterocycles. The fraction of sp³-hybridized carbons (Fsp3) is 0.333. The Kier molecular flexibility index (Phi) is 6.31. The van der Waals surface area contributed by atoms with Crippen LogP contribution < -0.4 is 0 Å². The van der Waals surface area contributed by atoms with E-state index in [4.69, 9.17) is 0 Å². The van der Waals surface area contributed by atoms with Crippen LogP contribution in [0.3, 0.4) is 0 Å². The second-order valence-electron chi connectivity index (χ2n) is 9.02. The van der Waals surface area contributed by atoms with E-state index in [1.54, 1.807) is 13.0 Å². The standard InChI is InChI=1S/C24H23F3N2O4S2/c1-14-10-17(23(2,3)22(30)31)12-18(11-14)35(32,33)29-9-8-19-20(13-29)34-21(28-19)15-4-6-16(7-5-15)24(25,26)27/h4-7,10-12H,8-9,13H2,1-3H3,(H,30,31). The molecule has 35 heavy (non-hydrogen) atoms. The molecule has 1 N–H and O–H groups in total. The monoisotopic (exact) mass is 524 g/mol. The van der Waals surface area contributed by atoms with Crippen molar-refractivity contribution >= 4 is 27.3 Å². The van der Waals surface area contributed by atoms with Crippen LogP contribution in [0.2, 0.25) is 0 Å². The Bertz CT molecular complexity index is 1400. The molecule has 0 fully saturated rings. The third-order valence-electron chi connectivity index (χ3n) is 6.10. The van der Waals surface area contributed by atoms with Gasteiger partial charge in [0.05, 0.1) is 28.1 Å². The Morgan fingerprint density at radius 2 is 1.74 bits per heavy atom. The summed E-state index contributed by atoms with van der Waals surface area (Å²) in [5, 5.41) is 10.1. The van der Waals surface area contributed by atoms with Crippen LogP contribution in [0.15, 0.2) is 47.4 Å². The summed E-state index contributed by atoms with van der Waals surface area (Å²) in [5.41, 5.74) is 0.279. The lowest BCUT2D eigenvalue weighted by atomic mass is 9.84. The number of benzene rings is 2. The molecule has 0 amide bonds. The van der Waals surface area contributed by atoms with E-state index in [0.29, 0.717) is 28.1 Å². The fourth-order valence-electron chi connectivity index (χ4n) is 3.83. The molecule has 6 nitrogen and oxygen atoms in total. The first-order chi connectivity index (χ1) is 16.2. The SMILES string of the molecule is Cc1cc(C(C)(C)C(=O)O)cc(S(=O)(=O)N2CCc3nc(-c4ccc(C(F)(F)F)cc4)sc3C2)c1. The number of hydrogen-bond acceptors (Lipinski definition) is 5. The molecule has 2 heterocycles. The Morgan fingerprint density at radius 3 is 2.34 bits per heavy atom. The van der Waals surface area contributed by atoms with Gasteiger partial charge in [-0.25, -0.2) is 13.4 Å². The number of alkyl halides is 3. The van der Waals surface area contributed by atoms with E-state index in [0.717, 1.165) is 22.7 Å². The van der Waals surface area contributed by atoms with Crippen LogP contribution in [0.1, 0.15) is 41.1 Å². The second kappa shape index (κ2) is 8.72. The lowest BCUT2D eigenvalue weighted by molar-refractivity contribution is -0.142. The number of hydrogen-bond donors (Lipinski definition) is 1. The molecule has 4 rings (SSSR count). The van der Waals surface area contributed by atoms with Gasteiger partial charge in [0.15, 0.2) is 0 Å². The third-order valence-corrected chi connectivity index (χ3v) is 9.05. The van der Waals surface area contributed by atoms with E-state index in [1.165, 1.54) is 53.8 Å². The molecule has 0 atom stereocenters. The Balaban J connectivity index is 1.62. The number of carboxylic acid groups (broad SMARTS) is 1. The van der Waals surface area contributed by atoms with E-state index >= 15 is 0 Å². The lowest BCUT2D eigenvalue weighted by Crippen LogP contribution is -2.36. The molecular weight excluding hydrogens is 501 g/mol. The first kappa shape index (κ1) is 25.3. The molecule has 1 aliphatic rings. The number of nitrogens with zero attached hydrogens (tertiary/aromatic N) is 2. The molecule has 0 saturated heterocycles. The number of rotatable bonds is 5. The van der Waals surface area contributed by atoms with Crippen LogP contribution in [0.5, 0.6) is 0 Å². The first-order valence-corrected chi connectivity index (χ1v) is 13.0. The van der Waals surface area contributed by atoms with Gasteiger partial charge in [0.25, 0.3) is 0 Å². The highest BCUT2D eigenvalue weighted by Crippen LogP contribution is 2.36. The highest BCUT2D eigenvalue weighted by Gasteiger charge is 2.35. The van der Waals surface area contributed by atoms with Gasteiger partial charge >= 0.3 is 12.1 Å². The number of aromatic nitrogens is 1. The van der Waals surface area contributed by atoms with E-state index < -0.39 is 33.1 Å². The summed E-state index contributed by atoms with van der Waals surface area (Å²) in [6.07, 6.45) is -4.06. The average molecular weight is 525 g/mol. The van der Waals surface area contributed by atoms with Gasteiger partial charge in [-0.15, -0.1) is 11.3 Å². The van der Waals surface area contributed by atoms with Gasteiger partial charge in [-0.2, -0.15) is 17.5 Å². The number of carboxylic acids is 1. The van der Waals surface area contributed by atoms with Gasteiger partial charge in [0.2, 0.25) is 10.0 Å². The van der Waals surface area contributed by atoms with Gasteiger partial charge in [-0.05, 0) is 56.2 Å². The minimum atomic E-state index is -4.43. The summed E-state index contributed by atoms with van der Waals surface area (Å²) in [5.74, 6) is -1.06. The highest BCUT2D eigenvalue weighted by atomic mass is 32.2.